The van der Waals surface area contributed by atoms with E-state index in [9.17, 15) is 9.59 Å². The van der Waals surface area contributed by atoms with Gasteiger partial charge < -0.3 is 10.5 Å². The Hall–Kier alpha value is -2.28. The lowest BCUT2D eigenvalue weighted by Crippen LogP contribution is -1.98. The van der Waals surface area contributed by atoms with Gasteiger partial charge in [0.05, 0.1) is 7.11 Å². The molecule has 0 heterocycles. The van der Waals surface area contributed by atoms with Gasteiger partial charge in [-0.1, -0.05) is 17.9 Å². The number of rotatable bonds is 2. The molecule has 0 unspecified atom stereocenters. The van der Waals surface area contributed by atoms with Crippen LogP contribution < -0.4 is 5.73 Å². The zero-order valence-corrected chi connectivity index (χ0v) is 9.74. The van der Waals surface area contributed by atoms with Gasteiger partial charge in [0.25, 0.3) is 0 Å². The molecule has 1 aromatic carbocycles. The average Bonchev–Trinajstić information content (AvgIpc) is 2.30. The van der Waals surface area contributed by atoms with E-state index in [1.807, 2.05) is 0 Å². The van der Waals surface area contributed by atoms with Crippen molar-refractivity contribution in [1.29, 1.82) is 0 Å². The first-order chi connectivity index (χ1) is 8.04. The van der Waals surface area contributed by atoms with E-state index >= 15 is 0 Å². The van der Waals surface area contributed by atoms with Gasteiger partial charge in [-0.15, -0.1) is 0 Å². The lowest BCUT2D eigenvalue weighted by molar-refractivity contribution is -0.139. The second kappa shape index (κ2) is 5.71. The minimum absolute atomic E-state index is 0.0183. The Morgan fingerprint density at radius 3 is 2.65 bits per heavy atom. The van der Waals surface area contributed by atoms with Crippen LogP contribution in [0.1, 0.15) is 29.3 Å². The normalized spacial score (nSPS) is 9.06. The fourth-order valence-corrected chi connectivity index (χ4v) is 1.18. The third kappa shape index (κ3) is 3.65. The van der Waals surface area contributed by atoms with E-state index in [1.54, 1.807) is 18.2 Å². The van der Waals surface area contributed by atoms with Crippen LogP contribution in [0.25, 0.3) is 0 Å². The molecule has 0 aliphatic heterocycles. The lowest BCUT2D eigenvalue weighted by atomic mass is 10.1. The molecule has 4 heteroatoms. The topological polar surface area (TPSA) is 69.4 Å². The van der Waals surface area contributed by atoms with Crippen LogP contribution in [0.4, 0.5) is 5.69 Å². The van der Waals surface area contributed by atoms with Crippen LogP contribution >= 0.6 is 0 Å². The van der Waals surface area contributed by atoms with Crippen molar-refractivity contribution in [3.05, 3.63) is 29.3 Å². The third-order valence-electron chi connectivity index (χ3n) is 2.14. The van der Waals surface area contributed by atoms with Gasteiger partial charge in [-0.05, 0) is 19.1 Å². The van der Waals surface area contributed by atoms with Crippen LogP contribution in [0.3, 0.4) is 0 Å². The van der Waals surface area contributed by atoms with Gasteiger partial charge in [-0.3, -0.25) is 9.59 Å². The second-order valence-electron chi connectivity index (χ2n) is 3.41. The van der Waals surface area contributed by atoms with Crippen LogP contribution in [0.2, 0.25) is 0 Å². The van der Waals surface area contributed by atoms with Crippen molar-refractivity contribution in [3.8, 4) is 11.8 Å². The highest BCUT2D eigenvalue weighted by Crippen LogP contribution is 2.13. The maximum absolute atomic E-state index is 11.1. The summed E-state index contributed by atoms with van der Waals surface area (Å²) in [5, 5.41) is 0. The Labute approximate surface area is 99.8 Å². The number of carbonyl (C=O) groups excluding carboxylic acids is 2. The largest absolute Gasteiger partial charge is 0.468 e. The summed E-state index contributed by atoms with van der Waals surface area (Å²) in [5.41, 5.74) is 7.30. The standard InChI is InChI=1S/C13H13NO3/c1-9(15)11-7-6-10(12(14)8-11)4-3-5-13(16)17-2/h6-8H,5,14H2,1-2H3. The predicted molar refractivity (Wildman–Crippen MR) is 64.4 cm³/mol. The number of ether oxygens (including phenoxy) is 1. The van der Waals surface area contributed by atoms with Crippen molar-refractivity contribution >= 4 is 17.4 Å². The summed E-state index contributed by atoms with van der Waals surface area (Å²) in [6.07, 6.45) is 0.0183. The molecule has 0 radical (unpaired) electrons. The first-order valence-electron chi connectivity index (χ1n) is 5.00. The molecule has 4 nitrogen and oxygen atoms in total. The summed E-state index contributed by atoms with van der Waals surface area (Å²) in [5.74, 6) is 4.97. The fraction of sp³-hybridized carbons (Fsp3) is 0.231. The summed E-state index contributed by atoms with van der Waals surface area (Å²) in [6.45, 7) is 1.47. The molecule has 1 aromatic rings. The summed E-state index contributed by atoms with van der Waals surface area (Å²) < 4.78 is 4.45. The van der Waals surface area contributed by atoms with Gasteiger partial charge in [-0.2, -0.15) is 0 Å². The first kappa shape index (κ1) is 12.8. The number of carbonyl (C=O) groups is 2. The van der Waals surface area contributed by atoms with E-state index in [0.29, 0.717) is 16.8 Å². The zero-order chi connectivity index (χ0) is 12.8. The fourth-order valence-electron chi connectivity index (χ4n) is 1.18. The summed E-state index contributed by atoms with van der Waals surface area (Å²) in [6, 6.07) is 4.89. The Morgan fingerprint density at radius 2 is 2.12 bits per heavy atom. The Bertz CT molecular complexity index is 509. The van der Waals surface area contributed by atoms with E-state index in [2.05, 4.69) is 16.6 Å². The summed E-state index contributed by atoms with van der Waals surface area (Å²) in [7, 11) is 1.31. The monoisotopic (exact) mass is 231 g/mol. The molecule has 0 amide bonds. The predicted octanol–water partition coefficient (Wildman–Crippen LogP) is 1.39. The molecular weight excluding hydrogens is 218 g/mol. The molecule has 0 saturated carbocycles. The minimum Gasteiger partial charge on any atom is -0.468 e. The Balaban J connectivity index is 2.86. The van der Waals surface area contributed by atoms with Crippen LogP contribution in [-0.4, -0.2) is 18.9 Å². The van der Waals surface area contributed by atoms with E-state index in [0.717, 1.165) is 0 Å². The first-order valence-corrected chi connectivity index (χ1v) is 5.00. The number of benzene rings is 1. The van der Waals surface area contributed by atoms with Gasteiger partial charge in [0.1, 0.15) is 6.42 Å². The van der Waals surface area contributed by atoms with Crippen molar-refractivity contribution in [1.82, 2.24) is 0 Å². The lowest BCUT2D eigenvalue weighted by Gasteiger charge is -2.00. The highest BCUT2D eigenvalue weighted by molar-refractivity contribution is 5.95. The van der Waals surface area contributed by atoms with Crippen molar-refractivity contribution in [3.63, 3.8) is 0 Å². The molecule has 0 atom stereocenters. The number of esters is 1. The van der Waals surface area contributed by atoms with Crippen LogP contribution in [0, 0.1) is 11.8 Å². The number of hydrogen-bond donors (Lipinski definition) is 1. The van der Waals surface area contributed by atoms with Gasteiger partial charge in [-0.25, -0.2) is 0 Å². The molecule has 0 spiro atoms. The van der Waals surface area contributed by atoms with Gasteiger partial charge in [0, 0.05) is 16.8 Å². The van der Waals surface area contributed by atoms with Crippen molar-refractivity contribution < 1.29 is 14.3 Å². The molecule has 0 fully saturated rings. The molecule has 0 aromatic heterocycles. The van der Waals surface area contributed by atoms with E-state index in [1.165, 1.54) is 14.0 Å². The number of anilines is 1. The minimum atomic E-state index is -0.392. The maximum atomic E-state index is 11.1. The summed E-state index contributed by atoms with van der Waals surface area (Å²) in [4.78, 5) is 21.9. The van der Waals surface area contributed by atoms with Gasteiger partial charge in [0.2, 0.25) is 0 Å². The number of Topliss-reactive ketones (excluding diaryl/α,β-unsaturated/α-hetero) is 1. The number of nitrogens with two attached hydrogens (primary N) is 1. The summed E-state index contributed by atoms with van der Waals surface area (Å²) >= 11 is 0. The SMILES string of the molecule is COC(=O)CC#Cc1ccc(C(C)=O)cc1N. The third-order valence-corrected chi connectivity index (χ3v) is 2.14. The molecule has 0 saturated heterocycles. The maximum Gasteiger partial charge on any atom is 0.317 e. The number of ketones is 1. The smallest absolute Gasteiger partial charge is 0.317 e. The molecule has 2 N–H and O–H groups in total. The highest BCUT2D eigenvalue weighted by atomic mass is 16.5. The van der Waals surface area contributed by atoms with Crippen LogP contribution in [0.5, 0.6) is 0 Å². The van der Waals surface area contributed by atoms with Crippen molar-refractivity contribution in [2.45, 2.75) is 13.3 Å². The van der Waals surface area contributed by atoms with Crippen LogP contribution in [0.15, 0.2) is 18.2 Å². The van der Waals surface area contributed by atoms with Crippen LogP contribution in [-0.2, 0) is 9.53 Å². The van der Waals surface area contributed by atoms with Crippen molar-refractivity contribution in [2.24, 2.45) is 0 Å². The zero-order valence-electron chi connectivity index (χ0n) is 9.74. The molecular formula is C13H13NO3. The number of methoxy groups -OCH3 is 1. The van der Waals surface area contributed by atoms with Crippen molar-refractivity contribution in [2.75, 3.05) is 12.8 Å². The average molecular weight is 231 g/mol. The molecule has 17 heavy (non-hydrogen) atoms. The molecule has 1 rings (SSSR count). The molecule has 0 bridgehead atoms. The highest BCUT2D eigenvalue weighted by Gasteiger charge is 2.02. The molecule has 0 aliphatic rings. The Morgan fingerprint density at radius 1 is 1.41 bits per heavy atom. The molecule has 88 valence electrons. The number of hydrogen-bond acceptors (Lipinski definition) is 4. The van der Waals surface area contributed by atoms with E-state index in [4.69, 9.17) is 5.73 Å². The van der Waals surface area contributed by atoms with E-state index in [-0.39, 0.29) is 12.2 Å². The van der Waals surface area contributed by atoms with Gasteiger partial charge in [0.15, 0.2) is 5.78 Å². The molecule has 0 aliphatic carbocycles. The van der Waals surface area contributed by atoms with Gasteiger partial charge >= 0.3 is 5.97 Å². The number of nitrogen functional groups attached to an aromatic ring is 1. The quantitative estimate of drug-likeness (QED) is 0.361. The second-order valence-corrected chi connectivity index (χ2v) is 3.41. The Kier molecular flexibility index (Phi) is 4.29. The van der Waals surface area contributed by atoms with E-state index < -0.39 is 5.97 Å².